The molecule has 3 heterocycles. The molecule has 0 bridgehead atoms. The number of ketones is 1. The number of hydrogen-bond acceptors (Lipinski definition) is 6. The zero-order chi connectivity index (χ0) is 19.3. The van der Waals surface area contributed by atoms with Gasteiger partial charge in [-0.05, 0) is 43.5 Å². The number of carbonyl (C=O) groups is 2. The van der Waals surface area contributed by atoms with Gasteiger partial charge in [0.05, 0.1) is 5.69 Å². The summed E-state index contributed by atoms with van der Waals surface area (Å²) < 4.78 is 10.7. The van der Waals surface area contributed by atoms with Crippen molar-refractivity contribution in [1.82, 2.24) is 9.97 Å². The molecule has 1 aromatic carbocycles. The SMILES string of the molecule is Cc1c(C(=O)Nc2nc(-c3ccc4c(c3)OCO4)cs2)[nH]c2c1C(=O)CCC2. The largest absolute Gasteiger partial charge is 0.454 e. The molecule has 3 aromatic rings. The van der Waals surface area contributed by atoms with E-state index in [0.717, 1.165) is 29.8 Å². The van der Waals surface area contributed by atoms with Crippen molar-refractivity contribution in [3.05, 3.63) is 46.1 Å². The molecule has 28 heavy (non-hydrogen) atoms. The van der Waals surface area contributed by atoms with Gasteiger partial charge in [0, 0.05) is 28.6 Å². The first kappa shape index (κ1) is 17.0. The van der Waals surface area contributed by atoms with Gasteiger partial charge in [0.2, 0.25) is 6.79 Å². The van der Waals surface area contributed by atoms with Gasteiger partial charge in [-0.1, -0.05) is 0 Å². The summed E-state index contributed by atoms with van der Waals surface area (Å²) in [6.07, 6.45) is 2.15. The highest BCUT2D eigenvalue weighted by Crippen LogP contribution is 2.36. The summed E-state index contributed by atoms with van der Waals surface area (Å²) in [6, 6.07) is 5.62. The van der Waals surface area contributed by atoms with Crippen LogP contribution in [0, 0.1) is 6.92 Å². The summed E-state index contributed by atoms with van der Waals surface area (Å²) in [5.74, 6) is 1.22. The number of amides is 1. The van der Waals surface area contributed by atoms with Crippen molar-refractivity contribution in [2.24, 2.45) is 0 Å². The van der Waals surface area contributed by atoms with Crippen molar-refractivity contribution < 1.29 is 19.1 Å². The Morgan fingerprint density at radius 3 is 2.96 bits per heavy atom. The van der Waals surface area contributed by atoms with E-state index in [1.807, 2.05) is 30.5 Å². The number of rotatable bonds is 3. The Hall–Kier alpha value is -3.13. The maximum atomic E-state index is 12.7. The van der Waals surface area contributed by atoms with Crippen LogP contribution in [0.2, 0.25) is 0 Å². The molecule has 0 saturated carbocycles. The van der Waals surface area contributed by atoms with E-state index in [1.54, 1.807) is 0 Å². The Labute approximate surface area is 164 Å². The number of fused-ring (bicyclic) bond motifs is 2. The van der Waals surface area contributed by atoms with Gasteiger partial charge >= 0.3 is 0 Å². The zero-order valence-corrected chi connectivity index (χ0v) is 15.9. The van der Waals surface area contributed by atoms with Crippen LogP contribution in [-0.4, -0.2) is 28.5 Å². The monoisotopic (exact) mass is 395 g/mol. The molecule has 5 rings (SSSR count). The summed E-state index contributed by atoms with van der Waals surface area (Å²) >= 11 is 1.35. The first-order chi connectivity index (χ1) is 13.6. The van der Waals surface area contributed by atoms with E-state index in [-0.39, 0.29) is 18.5 Å². The molecule has 2 N–H and O–H groups in total. The van der Waals surface area contributed by atoms with Crippen LogP contribution >= 0.6 is 11.3 Å². The number of Topliss-reactive ketones (excluding diaryl/α,β-unsaturated/α-hetero) is 1. The number of hydrogen-bond donors (Lipinski definition) is 2. The van der Waals surface area contributed by atoms with E-state index in [4.69, 9.17) is 9.47 Å². The summed E-state index contributed by atoms with van der Waals surface area (Å²) in [7, 11) is 0. The molecule has 2 aromatic heterocycles. The van der Waals surface area contributed by atoms with Crippen molar-refractivity contribution >= 4 is 28.2 Å². The molecule has 0 fully saturated rings. The number of benzene rings is 1. The van der Waals surface area contributed by atoms with Crippen LogP contribution in [-0.2, 0) is 6.42 Å². The van der Waals surface area contributed by atoms with Crippen LogP contribution in [0.15, 0.2) is 23.6 Å². The van der Waals surface area contributed by atoms with Gasteiger partial charge in [-0.3, -0.25) is 14.9 Å². The molecular weight excluding hydrogens is 378 g/mol. The summed E-state index contributed by atoms with van der Waals surface area (Å²) in [4.78, 5) is 32.5. The molecule has 0 radical (unpaired) electrons. The summed E-state index contributed by atoms with van der Waals surface area (Å²) in [5, 5.41) is 5.21. The standard InChI is InChI=1S/C20H17N3O4S/c1-10-17-12(3-2-4-14(17)24)21-18(10)19(25)23-20-22-13(8-28-20)11-5-6-15-16(7-11)27-9-26-15/h5-8,21H,2-4,9H2,1H3,(H,22,23,25). The fourth-order valence-corrected chi connectivity index (χ4v) is 4.40. The lowest BCUT2D eigenvalue weighted by molar-refractivity contribution is 0.0971. The Morgan fingerprint density at radius 2 is 2.11 bits per heavy atom. The predicted molar refractivity (Wildman–Crippen MR) is 104 cm³/mol. The number of aromatic amines is 1. The Morgan fingerprint density at radius 1 is 1.25 bits per heavy atom. The highest BCUT2D eigenvalue weighted by molar-refractivity contribution is 7.14. The molecule has 142 valence electrons. The molecule has 1 amide bonds. The number of ether oxygens (including phenoxy) is 2. The van der Waals surface area contributed by atoms with Crippen molar-refractivity contribution in [1.29, 1.82) is 0 Å². The van der Waals surface area contributed by atoms with E-state index in [9.17, 15) is 9.59 Å². The quantitative estimate of drug-likeness (QED) is 0.700. The van der Waals surface area contributed by atoms with Gasteiger partial charge in [-0.15, -0.1) is 11.3 Å². The molecule has 1 aliphatic carbocycles. The van der Waals surface area contributed by atoms with Crippen molar-refractivity contribution in [2.75, 3.05) is 12.1 Å². The van der Waals surface area contributed by atoms with Gasteiger partial charge in [0.1, 0.15) is 5.69 Å². The van der Waals surface area contributed by atoms with Crippen LogP contribution in [0.4, 0.5) is 5.13 Å². The van der Waals surface area contributed by atoms with Crippen LogP contribution < -0.4 is 14.8 Å². The van der Waals surface area contributed by atoms with E-state index in [1.165, 1.54) is 11.3 Å². The van der Waals surface area contributed by atoms with Gasteiger partial charge in [-0.25, -0.2) is 4.98 Å². The van der Waals surface area contributed by atoms with E-state index >= 15 is 0 Å². The smallest absolute Gasteiger partial charge is 0.274 e. The van der Waals surface area contributed by atoms with E-state index in [0.29, 0.717) is 39.9 Å². The lowest BCUT2D eigenvalue weighted by atomic mass is 9.94. The van der Waals surface area contributed by atoms with Gasteiger partial charge < -0.3 is 14.5 Å². The van der Waals surface area contributed by atoms with Crippen LogP contribution in [0.25, 0.3) is 11.3 Å². The van der Waals surface area contributed by atoms with Crippen LogP contribution in [0.1, 0.15) is 44.9 Å². The average Bonchev–Trinajstić information content (AvgIpc) is 3.40. The van der Waals surface area contributed by atoms with Crippen molar-refractivity contribution in [2.45, 2.75) is 26.2 Å². The topological polar surface area (TPSA) is 93.3 Å². The van der Waals surface area contributed by atoms with E-state index in [2.05, 4.69) is 15.3 Å². The number of anilines is 1. The number of thiazole rings is 1. The molecule has 7 nitrogen and oxygen atoms in total. The predicted octanol–water partition coefficient (Wildman–Crippen LogP) is 3.95. The molecule has 0 saturated heterocycles. The summed E-state index contributed by atoms with van der Waals surface area (Å²) in [6.45, 7) is 2.03. The van der Waals surface area contributed by atoms with Crippen LogP contribution in [0.5, 0.6) is 11.5 Å². The Kier molecular flexibility index (Phi) is 3.94. The minimum atomic E-state index is -0.286. The number of carbonyl (C=O) groups excluding carboxylic acids is 2. The average molecular weight is 395 g/mol. The molecule has 2 aliphatic rings. The first-order valence-electron chi connectivity index (χ1n) is 9.01. The first-order valence-corrected chi connectivity index (χ1v) is 9.89. The number of aromatic nitrogens is 2. The minimum absolute atomic E-state index is 0.105. The fourth-order valence-electron chi connectivity index (χ4n) is 3.68. The van der Waals surface area contributed by atoms with Gasteiger partial charge in [0.25, 0.3) is 5.91 Å². The van der Waals surface area contributed by atoms with Gasteiger partial charge in [0.15, 0.2) is 22.4 Å². The maximum Gasteiger partial charge on any atom is 0.274 e. The molecular formula is C20H17N3O4S. The summed E-state index contributed by atoms with van der Waals surface area (Å²) in [5.41, 5.74) is 4.31. The van der Waals surface area contributed by atoms with E-state index < -0.39 is 0 Å². The molecule has 0 unspecified atom stereocenters. The lowest BCUT2D eigenvalue weighted by Gasteiger charge is -2.09. The number of nitrogens with one attached hydrogen (secondary N) is 2. The third kappa shape index (κ3) is 2.77. The maximum absolute atomic E-state index is 12.7. The van der Waals surface area contributed by atoms with Gasteiger partial charge in [-0.2, -0.15) is 0 Å². The number of H-pyrrole nitrogens is 1. The fraction of sp³-hybridized carbons (Fsp3) is 0.250. The molecule has 8 heteroatoms. The third-order valence-electron chi connectivity index (χ3n) is 5.06. The highest BCUT2D eigenvalue weighted by Gasteiger charge is 2.26. The zero-order valence-electron chi connectivity index (χ0n) is 15.1. The second kappa shape index (κ2) is 6.49. The second-order valence-electron chi connectivity index (χ2n) is 6.82. The third-order valence-corrected chi connectivity index (χ3v) is 5.81. The number of aryl methyl sites for hydroxylation is 1. The molecule has 0 spiro atoms. The normalized spacial score (nSPS) is 14.8. The number of nitrogens with zero attached hydrogens (tertiary/aromatic N) is 1. The van der Waals surface area contributed by atoms with Crippen LogP contribution in [0.3, 0.4) is 0 Å². The minimum Gasteiger partial charge on any atom is -0.454 e. The Balaban J connectivity index is 1.38. The lowest BCUT2D eigenvalue weighted by Crippen LogP contribution is -2.13. The highest BCUT2D eigenvalue weighted by atomic mass is 32.1. The molecule has 1 aliphatic heterocycles. The van der Waals surface area contributed by atoms with Crippen molar-refractivity contribution in [3.63, 3.8) is 0 Å². The van der Waals surface area contributed by atoms with Crippen molar-refractivity contribution in [3.8, 4) is 22.8 Å². The second-order valence-corrected chi connectivity index (χ2v) is 7.67. The molecule has 0 atom stereocenters. The Bertz CT molecular complexity index is 1110.